The predicted molar refractivity (Wildman–Crippen MR) is 65.7 cm³/mol. The molecular weight excluding hydrogens is 184 g/mol. The maximum Gasteiger partial charge on any atom is 0.0462 e. The van der Waals surface area contributed by atoms with Gasteiger partial charge in [-0.2, -0.15) is 0 Å². The Balaban J connectivity index is 0.000000921. The van der Waals surface area contributed by atoms with Gasteiger partial charge in [0.2, 0.25) is 0 Å². The van der Waals surface area contributed by atoms with Gasteiger partial charge in [-0.3, -0.25) is 0 Å². The molecule has 0 aromatic rings. The van der Waals surface area contributed by atoms with Crippen molar-refractivity contribution in [1.82, 2.24) is 4.90 Å². The van der Waals surface area contributed by atoms with E-state index in [1.165, 1.54) is 58.2 Å². The van der Waals surface area contributed by atoms with Crippen molar-refractivity contribution in [3.8, 4) is 6.57 Å². The molecule has 88 valence electrons. The summed E-state index contributed by atoms with van der Waals surface area (Å²) in [6.07, 6.45) is 8.46. The first-order chi connectivity index (χ1) is 7.36. The van der Waals surface area contributed by atoms with Crippen molar-refractivity contribution in [2.45, 2.75) is 52.4 Å². The maximum absolute atomic E-state index is 6.50. The Kier molecular flexibility index (Phi) is 9.62. The number of hydrogen-bond acceptors (Lipinski definition) is 2. The molecule has 1 aliphatic heterocycles. The van der Waals surface area contributed by atoms with E-state index in [-0.39, 0.29) is 0 Å². The summed E-state index contributed by atoms with van der Waals surface area (Å²) in [5, 5.41) is 6.50. The number of unbranched alkanes of at least 4 members (excludes halogenated alkanes) is 2. The van der Waals surface area contributed by atoms with Crippen LogP contribution < -0.4 is 0 Å². The normalized spacial score (nSPS) is 21.7. The zero-order chi connectivity index (χ0) is 11.5. The molecule has 1 rings (SSSR count). The predicted octanol–water partition coefficient (Wildman–Crippen LogP) is 3.44. The van der Waals surface area contributed by atoms with Crippen molar-refractivity contribution in [2.24, 2.45) is 5.92 Å². The van der Waals surface area contributed by atoms with Gasteiger partial charge in [0, 0.05) is 13.1 Å². The van der Waals surface area contributed by atoms with Gasteiger partial charge in [0.05, 0.1) is 0 Å². The highest BCUT2D eigenvalue weighted by Crippen LogP contribution is 2.19. The van der Waals surface area contributed by atoms with Gasteiger partial charge in [0.15, 0.2) is 0 Å². The van der Waals surface area contributed by atoms with Crippen LogP contribution in [0.3, 0.4) is 0 Å². The van der Waals surface area contributed by atoms with E-state index in [0.29, 0.717) is 0 Å². The Morgan fingerprint density at radius 3 is 2.60 bits per heavy atom. The summed E-state index contributed by atoms with van der Waals surface area (Å²) >= 11 is 0. The van der Waals surface area contributed by atoms with Crippen molar-refractivity contribution < 1.29 is 0 Å². The summed E-state index contributed by atoms with van der Waals surface area (Å²) in [5.74, 6) is 0.996. The molecule has 0 N–H and O–H groups in total. The van der Waals surface area contributed by atoms with E-state index in [1.54, 1.807) is 0 Å². The SMILES string of the molecule is C#N.CCCCCN1CCCC(CC)C1. The lowest BCUT2D eigenvalue weighted by molar-refractivity contribution is 0.169. The molecule has 2 nitrogen and oxygen atoms in total. The molecular formula is C13H26N2. The zero-order valence-corrected chi connectivity index (χ0v) is 10.4. The van der Waals surface area contributed by atoms with Gasteiger partial charge < -0.3 is 4.90 Å². The molecule has 0 aromatic heterocycles. The number of hydrogen-bond donors (Lipinski definition) is 0. The van der Waals surface area contributed by atoms with Crippen LogP contribution in [0.1, 0.15) is 52.4 Å². The Hall–Kier alpha value is -0.550. The van der Waals surface area contributed by atoms with Gasteiger partial charge in [-0.1, -0.05) is 33.1 Å². The monoisotopic (exact) mass is 210 g/mol. The first-order valence-corrected chi connectivity index (χ1v) is 6.35. The van der Waals surface area contributed by atoms with Gasteiger partial charge in [-0.05, 0) is 38.3 Å². The molecule has 0 radical (unpaired) electrons. The summed E-state index contributed by atoms with van der Waals surface area (Å²) in [5.41, 5.74) is 0. The van der Waals surface area contributed by atoms with E-state index in [9.17, 15) is 0 Å². The molecule has 1 heterocycles. The van der Waals surface area contributed by atoms with Crippen molar-refractivity contribution in [3.63, 3.8) is 0 Å². The Labute approximate surface area is 95.3 Å². The highest BCUT2D eigenvalue weighted by atomic mass is 15.1. The lowest BCUT2D eigenvalue weighted by Gasteiger charge is -2.32. The second kappa shape index (κ2) is 9.98. The third-order valence-electron chi connectivity index (χ3n) is 3.26. The first-order valence-electron chi connectivity index (χ1n) is 6.35. The summed E-state index contributed by atoms with van der Waals surface area (Å²) in [6.45, 7) is 12.2. The largest absolute Gasteiger partial charge is 0.303 e. The minimum atomic E-state index is 0.996. The third-order valence-corrected chi connectivity index (χ3v) is 3.26. The number of nitrogens with zero attached hydrogens (tertiary/aromatic N) is 2. The summed E-state index contributed by atoms with van der Waals surface area (Å²) in [7, 11) is 0. The Morgan fingerprint density at radius 1 is 1.27 bits per heavy atom. The van der Waals surface area contributed by atoms with Gasteiger partial charge in [-0.25, -0.2) is 5.26 Å². The van der Waals surface area contributed by atoms with Crippen molar-refractivity contribution in [3.05, 3.63) is 0 Å². The average Bonchev–Trinajstić information content (AvgIpc) is 2.32. The molecule has 1 unspecified atom stereocenters. The van der Waals surface area contributed by atoms with E-state index >= 15 is 0 Å². The Morgan fingerprint density at radius 2 is 2.00 bits per heavy atom. The van der Waals surface area contributed by atoms with Crippen LogP contribution in [0.5, 0.6) is 0 Å². The van der Waals surface area contributed by atoms with Gasteiger partial charge in [0.25, 0.3) is 0 Å². The fraction of sp³-hybridized carbons (Fsp3) is 0.923. The molecule has 0 spiro atoms. The smallest absolute Gasteiger partial charge is 0.0462 e. The van der Waals surface area contributed by atoms with Crippen LogP contribution in [0.15, 0.2) is 0 Å². The summed E-state index contributed by atoms with van der Waals surface area (Å²) in [6, 6.07) is 0. The van der Waals surface area contributed by atoms with Crippen LogP contribution in [0.2, 0.25) is 0 Å². The molecule has 2 heteroatoms. The van der Waals surface area contributed by atoms with E-state index < -0.39 is 0 Å². The second-order valence-corrected chi connectivity index (χ2v) is 4.42. The minimum absolute atomic E-state index is 0.996. The van der Waals surface area contributed by atoms with Crippen molar-refractivity contribution in [1.29, 1.82) is 5.26 Å². The van der Waals surface area contributed by atoms with Crippen LogP contribution in [0, 0.1) is 17.8 Å². The quantitative estimate of drug-likeness (QED) is 0.650. The lowest BCUT2D eigenvalue weighted by atomic mass is 9.95. The first kappa shape index (κ1) is 14.5. The molecule has 1 atom stereocenters. The number of nitriles is 1. The third kappa shape index (κ3) is 6.52. The van der Waals surface area contributed by atoms with Crippen LogP contribution in [0.25, 0.3) is 0 Å². The molecule has 0 bridgehead atoms. The molecule has 0 aliphatic carbocycles. The minimum Gasteiger partial charge on any atom is -0.303 e. The van der Waals surface area contributed by atoms with Gasteiger partial charge in [-0.15, -0.1) is 0 Å². The van der Waals surface area contributed by atoms with Crippen LogP contribution in [-0.2, 0) is 0 Å². The fourth-order valence-corrected chi connectivity index (χ4v) is 2.27. The Bertz CT molecular complexity index is 154. The fourth-order valence-electron chi connectivity index (χ4n) is 2.27. The van der Waals surface area contributed by atoms with Crippen LogP contribution >= 0.6 is 0 Å². The average molecular weight is 210 g/mol. The second-order valence-electron chi connectivity index (χ2n) is 4.42. The molecule has 15 heavy (non-hydrogen) atoms. The zero-order valence-electron chi connectivity index (χ0n) is 10.4. The topological polar surface area (TPSA) is 27.0 Å². The van der Waals surface area contributed by atoms with Gasteiger partial charge in [0.1, 0.15) is 0 Å². The maximum atomic E-state index is 6.50. The molecule has 1 aliphatic rings. The van der Waals surface area contributed by atoms with E-state index in [1.807, 2.05) is 0 Å². The van der Waals surface area contributed by atoms with E-state index in [4.69, 9.17) is 5.26 Å². The van der Waals surface area contributed by atoms with E-state index in [2.05, 4.69) is 25.3 Å². The molecule has 0 aromatic carbocycles. The number of piperidine rings is 1. The number of rotatable bonds is 5. The van der Waals surface area contributed by atoms with Crippen molar-refractivity contribution >= 4 is 0 Å². The standard InChI is InChI=1S/C12H25N.CHN/c1-3-5-6-9-13-10-7-8-12(4-2)11-13;1-2/h12H,3-11H2,1-2H3;1H. The lowest BCUT2D eigenvalue weighted by Crippen LogP contribution is -2.35. The summed E-state index contributed by atoms with van der Waals surface area (Å²) < 4.78 is 0. The van der Waals surface area contributed by atoms with Crippen molar-refractivity contribution in [2.75, 3.05) is 19.6 Å². The van der Waals surface area contributed by atoms with E-state index in [0.717, 1.165) is 5.92 Å². The molecule has 0 saturated carbocycles. The highest BCUT2D eigenvalue weighted by molar-refractivity contribution is 4.71. The summed E-state index contributed by atoms with van der Waals surface area (Å²) in [4.78, 5) is 2.67. The van der Waals surface area contributed by atoms with Crippen LogP contribution in [0.4, 0.5) is 0 Å². The highest BCUT2D eigenvalue weighted by Gasteiger charge is 2.17. The van der Waals surface area contributed by atoms with Gasteiger partial charge >= 0.3 is 0 Å². The van der Waals surface area contributed by atoms with Crippen LogP contribution in [-0.4, -0.2) is 24.5 Å². The number of likely N-dealkylation sites (tertiary alicyclic amines) is 1. The molecule has 0 amide bonds. The molecule has 1 saturated heterocycles. The molecule has 1 fully saturated rings.